The Balaban J connectivity index is 1.61. The van der Waals surface area contributed by atoms with E-state index in [0.717, 1.165) is 15.9 Å². The van der Waals surface area contributed by atoms with Gasteiger partial charge in [0.1, 0.15) is 6.61 Å². The lowest BCUT2D eigenvalue weighted by atomic mass is 10.0. The molecule has 3 heterocycles. The molecule has 1 N–H and O–H groups in total. The minimum atomic E-state index is -4.72. The number of carbonyl (C=O) groups excluding carboxylic acids is 1. The highest BCUT2D eigenvalue weighted by Gasteiger charge is 2.38. The van der Waals surface area contributed by atoms with E-state index < -0.39 is 23.9 Å². The SMILES string of the molecule is O=C(O)N1CCN(c2ccc(N3C(=O)OCc4cnc5ccc(Cl)cc5c43)cc2C(F)(F)F)CC1. The summed E-state index contributed by atoms with van der Waals surface area (Å²) < 4.78 is 47.7. The van der Waals surface area contributed by atoms with Gasteiger partial charge in [0.2, 0.25) is 0 Å². The molecule has 2 aliphatic heterocycles. The number of piperazine rings is 1. The van der Waals surface area contributed by atoms with Crippen LogP contribution in [0.4, 0.5) is 39.8 Å². The van der Waals surface area contributed by atoms with E-state index in [0.29, 0.717) is 27.2 Å². The third-order valence-electron chi connectivity index (χ3n) is 6.07. The van der Waals surface area contributed by atoms with E-state index in [4.69, 9.17) is 21.4 Å². The zero-order chi connectivity index (χ0) is 24.9. The minimum absolute atomic E-state index is 0.0244. The van der Waals surface area contributed by atoms with Crippen molar-refractivity contribution in [1.82, 2.24) is 9.88 Å². The number of aromatic nitrogens is 1. The Morgan fingerprint density at radius 2 is 1.83 bits per heavy atom. The van der Waals surface area contributed by atoms with Gasteiger partial charge in [-0.3, -0.25) is 4.98 Å². The summed E-state index contributed by atoms with van der Waals surface area (Å²) in [5.41, 5.74) is 0.376. The summed E-state index contributed by atoms with van der Waals surface area (Å²) >= 11 is 6.16. The van der Waals surface area contributed by atoms with Gasteiger partial charge in [-0.15, -0.1) is 0 Å². The summed E-state index contributed by atoms with van der Waals surface area (Å²) in [6.45, 7) is 0.314. The van der Waals surface area contributed by atoms with Gasteiger partial charge < -0.3 is 19.6 Å². The second-order valence-electron chi connectivity index (χ2n) is 8.14. The topological polar surface area (TPSA) is 86.2 Å². The molecule has 1 saturated heterocycles. The Hall–Kier alpha value is -3.73. The molecule has 0 spiro atoms. The highest BCUT2D eigenvalue weighted by atomic mass is 35.5. The van der Waals surface area contributed by atoms with Crippen LogP contribution < -0.4 is 9.80 Å². The number of fused-ring (bicyclic) bond motifs is 3. The predicted molar refractivity (Wildman–Crippen MR) is 122 cm³/mol. The third-order valence-corrected chi connectivity index (χ3v) is 6.30. The number of halogens is 4. The van der Waals surface area contributed by atoms with E-state index in [-0.39, 0.29) is 44.2 Å². The van der Waals surface area contributed by atoms with Crippen LogP contribution in [0.1, 0.15) is 11.1 Å². The lowest BCUT2D eigenvalue weighted by Gasteiger charge is -2.36. The molecule has 5 rings (SSSR count). The first-order valence-corrected chi connectivity index (χ1v) is 11.0. The van der Waals surface area contributed by atoms with Gasteiger partial charge >= 0.3 is 18.4 Å². The van der Waals surface area contributed by atoms with Crippen LogP contribution in [0.15, 0.2) is 42.6 Å². The number of alkyl halides is 3. The van der Waals surface area contributed by atoms with Gasteiger partial charge in [0, 0.05) is 54.0 Å². The van der Waals surface area contributed by atoms with Crippen LogP contribution in [0.3, 0.4) is 0 Å². The molecule has 2 amide bonds. The maximum absolute atomic E-state index is 14.2. The first kappa shape index (κ1) is 23.0. The number of nitrogens with zero attached hydrogens (tertiary/aromatic N) is 4. The number of pyridine rings is 1. The van der Waals surface area contributed by atoms with Crippen LogP contribution in [-0.2, 0) is 17.5 Å². The van der Waals surface area contributed by atoms with Crippen LogP contribution in [0.5, 0.6) is 0 Å². The molecule has 0 radical (unpaired) electrons. The molecule has 8 nitrogen and oxygen atoms in total. The number of carbonyl (C=O) groups is 2. The number of rotatable bonds is 2. The summed E-state index contributed by atoms with van der Waals surface area (Å²) in [7, 11) is 0. The fourth-order valence-corrected chi connectivity index (χ4v) is 4.57. The zero-order valence-electron chi connectivity index (χ0n) is 18.0. The fraction of sp³-hybridized carbons (Fsp3) is 0.261. The summed E-state index contributed by atoms with van der Waals surface area (Å²) in [6.07, 6.45) is -5.13. The monoisotopic (exact) mass is 506 g/mol. The van der Waals surface area contributed by atoms with Gasteiger partial charge in [-0.05, 0) is 36.4 Å². The number of amides is 2. The predicted octanol–water partition coefficient (Wildman–Crippen LogP) is 5.50. The fourth-order valence-electron chi connectivity index (χ4n) is 4.40. The molecule has 0 atom stereocenters. The van der Waals surface area contributed by atoms with E-state index in [9.17, 15) is 22.8 Å². The maximum Gasteiger partial charge on any atom is 0.419 e. The molecule has 1 aromatic heterocycles. The molecule has 1 fully saturated rings. The molecule has 2 aliphatic rings. The number of benzene rings is 2. The van der Waals surface area contributed by atoms with Crippen molar-refractivity contribution in [3.63, 3.8) is 0 Å². The molecule has 0 saturated carbocycles. The van der Waals surface area contributed by atoms with E-state index >= 15 is 0 Å². The van der Waals surface area contributed by atoms with Gasteiger partial charge in [-0.25, -0.2) is 14.5 Å². The van der Waals surface area contributed by atoms with E-state index in [1.807, 2.05) is 0 Å². The summed E-state index contributed by atoms with van der Waals surface area (Å²) in [4.78, 5) is 32.1. The van der Waals surface area contributed by atoms with Crippen LogP contribution in [0.25, 0.3) is 10.9 Å². The summed E-state index contributed by atoms with van der Waals surface area (Å²) in [5, 5.41) is 10.0. The molecule has 0 unspecified atom stereocenters. The lowest BCUT2D eigenvalue weighted by molar-refractivity contribution is -0.137. The Morgan fingerprint density at radius 3 is 2.51 bits per heavy atom. The van der Waals surface area contributed by atoms with E-state index in [2.05, 4.69) is 4.98 Å². The second kappa shape index (κ2) is 8.49. The number of ether oxygens (including phenoxy) is 1. The average Bonchev–Trinajstić information content (AvgIpc) is 2.83. The number of anilines is 3. The van der Waals surface area contributed by atoms with Crippen molar-refractivity contribution in [3.8, 4) is 0 Å². The smallest absolute Gasteiger partial charge is 0.419 e. The van der Waals surface area contributed by atoms with E-state index in [1.165, 1.54) is 23.2 Å². The molecular formula is C23H18ClF3N4O4. The minimum Gasteiger partial charge on any atom is -0.465 e. The molecule has 0 bridgehead atoms. The number of cyclic esters (lactones) is 1. The maximum atomic E-state index is 14.2. The Morgan fingerprint density at radius 1 is 1.09 bits per heavy atom. The second-order valence-corrected chi connectivity index (χ2v) is 8.58. The standard InChI is InChI=1S/C23H18ClF3N4O4/c24-14-1-3-18-16(9-14)20-13(11-28-18)12-35-22(34)31(20)15-2-4-19(17(10-15)23(25,26)27)29-5-7-30(8-6-29)21(32)33/h1-4,9-11H,5-8,12H2,(H,32,33). The van der Waals surface area contributed by atoms with Gasteiger partial charge in [0.05, 0.1) is 22.5 Å². The third kappa shape index (κ3) is 4.16. The molecule has 3 aromatic rings. The highest BCUT2D eigenvalue weighted by molar-refractivity contribution is 6.31. The van der Waals surface area contributed by atoms with Crippen molar-refractivity contribution < 1.29 is 32.6 Å². The number of carboxylic acid groups (broad SMARTS) is 1. The normalized spacial score (nSPS) is 16.3. The Kier molecular flexibility index (Phi) is 5.59. The van der Waals surface area contributed by atoms with Gasteiger partial charge in [-0.1, -0.05) is 11.6 Å². The number of hydrogen-bond acceptors (Lipinski definition) is 5. The molecular weight excluding hydrogens is 489 g/mol. The van der Waals surface area contributed by atoms with Crippen molar-refractivity contribution in [2.24, 2.45) is 0 Å². The lowest BCUT2D eigenvalue weighted by Crippen LogP contribution is -2.48. The van der Waals surface area contributed by atoms with E-state index in [1.54, 1.807) is 18.2 Å². The molecule has 35 heavy (non-hydrogen) atoms. The quantitative estimate of drug-likeness (QED) is 0.494. The molecule has 2 aromatic carbocycles. The molecule has 0 aliphatic carbocycles. The van der Waals surface area contributed by atoms with Crippen LogP contribution >= 0.6 is 11.6 Å². The van der Waals surface area contributed by atoms with Crippen molar-refractivity contribution in [3.05, 3.63) is 58.7 Å². The Bertz CT molecular complexity index is 1340. The number of hydrogen-bond donors (Lipinski definition) is 1. The van der Waals surface area contributed by atoms with Crippen molar-refractivity contribution in [2.45, 2.75) is 12.8 Å². The largest absolute Gasteiger partial charge is 0.465 e. The molecule has 182 valence electrons. The summed E-state index contributed by atoms with van der Waals surface area (Å²) in [6, 6.07) is 8.53. The zero-order valence-corrected chi connectivity index (χ0v) is 18.8. The highest BCUT2D eigenvalue weighted by Crippen LogP contribution is 2.44. The first-order valence-electron chi connectivity index (χ1n) is 10.6. The van der Waals surface area contributed by atoms with Crippen LogP contribution in [0, 0.1) is 0 Å². The average molecular weight is 507 g/mol. The van der Waals surface area contributed by atoms with Crippen LogP contribution in [-0.4, -0.2) is 53.4 Å². The molecule has 12 heteroatoms. The Labute approximate surface area is 202 Å². The van der Waals surface area contributed by atoms with Crippen LogP contribution in [0.2, 0.25) is 5.02 Å². The van der Waals surface area contributed by atoms with Crippen molar-refractivity contribution in [1.29, 1.82) is 0 Å². The van der Waals surface area contributed by atoms with Gasteiger partial charge in [0.15, 0.2) is 0 Å². The summed E-state index contributed by atoms with van der Waals surface area (Å²) in [5.74, 6) is 0. The van der Waals surface area contributed by atoms with Gasteiger partial charge in [0.25, 0.3) is 0 Å². The van der Waals surface area contributed by atoms with Gasteiger partial charge in [-0.2, -0.15) is 13.2 Å². The first-order chi connectivity index (χ1) is 16.6. The van der Waals surface area contributed by atoms with Crippen molar-refractivity contribution in [2.75, 3.05) is 36.0 Å². The van der Waals surface area contributed by atoms with Crippen molar-refractivity contribution >= 4 is 51.8 Å².